The first-order chi connectivity index (χ1) is 7.61. The smallest absolute Gasteiger partial charge is 0.308 e. The summed E-state index contributed by atoms with van der Waals surface area (Å²) in [7, 11) is 1.28. The van der Waals surface area contributed by atoms with Gasteiger partial charge in [-0.05, 0) is 30.5 Å². The molecule has 3 nitrogen and oxygen atoms in total. The fraction of sp³-hybridized carbons (Fsp3) is 0.417. The van der Waals surface area contributed by atoms with Crippen LogP contribution in [0.2, 0.25) is 0 Å². The molecular formula is C12H15FO3. The van der Waals surface area contributed by atoms with E-state index < -0.39 is 12.1 Å². The number of aliphatic hydroxyl groups excluding tert-OH is 1. The summed E-state index contributed by atoms with van der Waals surface area (Å²) in [5, 5.41) is 9.49. The molecule has 0 heterocycles. The van der Waals surface area contributed by atoms with Gasteiger partial charge in [-0.3, -0.25) is 4.79 Å². The van der Waals surface area contributed by atoms with Crippen molar-refractivity contribution in [1.82, 2.24) is 0 Å². The molecule has 0 radical (unpaired) electrons. The third kappa shape index (κ3) is 4.40. The lowest BCUT2D eigenvalue weighted by atomic mass is 10.1. The summed E-state index contributed by atoms with van der Waals surface area (Å²) < 4.78 is 17.3. The van der Waals surface area contributed by atoms with Crippen LogP contribution >= 0.6 is 0 Å². The lowest BCUT2D eigenvalue weighted by Gasteiger charge is -2.08. The van der Waals surface area contributed by atoms with Gasteiger partial charge in [0.2, 0.25) is 0 Å². The zero-order chi connectivity index (χ0) is 12.0. The molecule has 0 spiro atoms. The van der Waals surface area contributed by atoms with Crippen molar-refractivity contribution in [2.45, 2.75) is 25.4 Å². The SMILES string of the molecule is COC(=O)CC(O)CCc1cccc(F)c1. The highest BCUT2D eigenvalue weighted by molar-refractivity contribution is 5.69. The van der Waals surface area contributed by atoms with Gasteiger partial charge in [-0.15, -0.1) is 0 Å². The Labute approximate surface area is 93.9 Å². The normalized spacial score (nSPS) is 12.2. The molecule has 1 unspecified atom stereocenters. The van der Waals surface area contributed by atoms with Crippen LogP contribution in [0.3, 0.4) is 0 Å². The third-order valence-corrected chi connectivity index (χ3v) is 2.29. The molecule has 0 aliphatic rings. The molecule has 0 saturated carbocycles. The number of rotatable bonds is 5. The summed E-state index contributed by atoms with van der Waals surface area (Å²) in [6.45, 7) is 0. The van der Waals surface area contributed by atoms with E-state index in [4.69, 9.17) is 0 Å². The third-order valence-electron chi connectivity index (χ3n) is 2.29. The van der Waals surface area contributed by atoms with Gasteiger partial charge in [-0.2, -0.15) is 0 Å². The number of benzene rings is 1. The average Bonchev–Trinajstić information content (AvgIpc) is 2.26. The number of ether oxygens (including phenoxy) is 1. The van der Waals surface area contributed by atoms with Crippen molar-refractivity contribution >= 4 is 5.97 Å². The Kier molecular flexibility index (Phi) is 4.92. The first-order valence-corrected chi connectivity index (χ1v) is 5.11. The van der Waals surface area contributed by atoms with Crippen molar-refractivity contribution in [3.05, 3.63) is 35.6 Å². The Bertz CT molecular complexity index is 352. The molecule has 0 aromatic heterocycles. The van der Waals surface area contributed by atoms with Gasteiger partial charge in [0.25, 0.3) is 0 Å². The van der Waals surface area contributed by atoms with Crippen LogP contribution in [0.5, 0.6) is 0 Å². The van der Waals surface area contributed by atoms with E-state index in [0.29, 0.717) is 12.8 Å². The number of carbonyl (C=O) groups excluding carboxylic acids is 1. The minimum Gasteiger partial charge on any atom is -0.469 e. The number of hydrogen-bond acceptors (Lipinski definition) is 3. The van der Waals surface area contributed by atoms with E-state index >= 15 is 0 Å². The van der Waals surface area contributed by atoms with Crippen molar-refractivity contribution in [2.24, 2.45) is 0 Å². The highest BCUT2D eigenvalue weighted by Gasteiger charge is 2.10. The molecule has 1 N–H and O–H groups in total. The first kappa shape index (κ1) is 12.6. The fourth-order valence-corrected chi connectivity index (χ4v) is 1.40. The van der Waals surface area contributed by atoms with E-state index in [0.717, 1.165) is 5.56 Å². The maximum Gasteiger partial charge on any atom is 0.308 e. The highest BCUT2D eigenvalue weighted by Crippen LogP contribution is 2.09. The zero-order valence-electron chi connectivity index (χ0n) is 9.15. The summed E-state index contributed by atoms with van der Waals surface area (Å²) in [6.07, 6.45) is 0.191. The van der Waals surface area contributed by atoms with Gasteiger partial charge < -0.3 is 9.84 Å². The molecule has 16 heavy (non-hydrogen) atoms. The van der Waals surface area contributed by atoms with Crippen LogP contribution in [0.4, 0.5) is 4.39 Å². The number of aliphatic hydroxyl groups is 1. The lowest BCUT2D eigenvalue weighted by Crippen LogP contribution is -2.15. The van der Waals surface area contributed by atoms with Crippen molar-refractivity contribution < 1.29 is 19.0 Å². The van der Waals surface area contributed by atoms with E-state index in [1.54, 1.807) is 12.1 Å². The second-order valence-electron chi connectivity index (χ2n) is 3.60. The van der Waals surface area contributed by atoms with Crippen LogP contribution in [-0.2, 0) is 16.0 Å². The average molecular weight is 226 g/mol. The van der Waals surface area contributed by atoms with Crippen LogP contribution in [0, 0.1) is 5.82 Å². The number of carbonyl (C=O) groups is 1. The predicted molar refractivity (Wildman–Crippen MR) is 57.4 cm³/mol. The van der Waals surface area contributed by atoms with E-state index in [1.165, 1.54) is 19.2 Å². The first-order valence-electron chi connectivity index (χ1n) is 5.11. The molecule has 1 aromatic carbocycles. The van der Waals surface area contributed by atoms with Crippen molar-refractivity contribution in [3.63, 3.8) is 0 Å². The molecule has 88 valence electrons. The molecule has 0 aliphatic heterocycles. The Morgan fingerprint density at radius 1 is 1.56 bits per heavy atom. The predicted octanol–water partition coefficient (Wildman–Crippen LogP) is 1.68. The van der Waals surface area contributed by atoms with E-state index in [2.05, 4.69) is 4.74 Å². The number of hydrogen-bond donors (Lipinski definition) is 1. The minimum absolute atomic E-state index is 0.0220. The van der Waals surface area contributed by atoms with Crippen molar-refractivity contribution in [2.75, 3.05) is 7.11 Å². The summed E-state index contributed by atoms with van der Waals surface area (Å²) in [5.74, 6) is -0.730. The molecule has 0 bridgehead atoms. The monoisotopic (exact) mass is 226 g/mol. The van der Waals surface area contributed by atoms with Gasteiger partial charge in [0.1, 0.15) is 5.82 Å². The minimum atomic E-state index is -0.740. The van der Waals surface area contributed by atoms with Crippen molar-refractivity contribution in [3.8, 4) is 0 Å². The zero-order valence-corrected chi connectivity index (χ0v) is 9.15. The van der Waals surface area contributed by atoms with Crippen LogP contribution < -0.4 is 0 Å². The van der Waals surface area contributed by atoms with Gasteiger partial charge in [-0.1, -0.05) is 12.1 Å². The Morgan fingerprint density at radius 3 is 2.94 bits per heavy atom. The molecular weight excluding hydrogens is 211 g/mol. The molecule has 0 aliphatic carbocycles. The van der Waals surface area contributed by atoms with E-state index in [-0.39, 0.29) is 12.2 Å². The van der Waals surface area contributed by atoms with E-state index in [1.807, 2.05) is 0 Å². The van der Waals surface area contributed by atoms with Crippen LogP contribution in [0.25, 0.3) is 0 Å². The molecule has 1 rings (SSSR count). The number of halogens is 1. The number of aryl methyl sites for hydroxylation is 1. The largest absolute Gasteiger partial charge is 0.469 e. The van der Waals surface area contributed by atoms with E-state index in [9.17, 15) is 14.3 Å². The molecule has 0 saturated heterocycles. The number of esters is 1. The van der Waals surface area contributed by atoms with Gasteiger partial charge in [0, 0.05) is 0 Å². The second-order valence-corrected chi connectivity index (χ2v) is 3.60. The summed E-state index contributed by atoms with van der Waals surface area (Å²) in [5.41, 5.74) is 0.809. The van der Waals surface area contributed by atoms with Crippen LogP contribution in [-0.4, -0.2) is 24.3 Å². The molecule has 0 amide bonds. The summed E-state index contributed by atoms with van der Waals surface area (Å²) in [4.78, 5) is 10.8. The highest BCUT2D eigenvalue weighted by atomic mass is 19.1. The Morgan fingerprint density at radius 2 is 2.31 bits per heavy atom. The summed E-state index contributed by atoms with van der Waals surface area (Å²) in [6, 6.07) is 6.20. The van der Waals surface area contributed by atoms with Crippen LogP contribution in [0.1, 0.15) is 18.4 Å². The maximum absolute atomic E-state index is 12.8. The standard InChI is InChI=1S/C12H15FO3/c1-16-12(15)8-11(14)6-5-9-3-2-4-10(13)7-9/h2-4,7,11,14H,5-6,8H2,1H3. The lowest BCUT2D eigenvalue weighted by molar-refractivity contribution is -0.142. The van der Waals surface area contributed by atoms with Gasteiger partial charge in [0.05, 0.1) is 19.6 Å². The molecule has 0 fully saturated rings. The van der Waals surface area contributed by atoms with Crippen molar-refractivity contribution in [1.29, 1.82) is 0 Å². The second kappa shape index (κ2) is 6.23. The molecule has 1 atom stereocenters. The summed E-state index contributed by atoms with van der Waals surface area (Å²) >= 11 is 0. The Balaban J connectivity index is 2.37. The van der Waals surface area contributed by atoms with Gasteiger partial charge in [-0.25, -0.2) is 4.39 Å². The molecule has 1 aromatic rings. The molecule has 4 heteroatoms. The fourth-order valence-electron chi connectivity index (χ4n) is 1.40. The van der Waals surface area contributed by atoms with Gasteiger partial charge in [0.15, 0.2) is 0 Å². The maximum atomic E-state index is 12.8. The quantitative estimate of drug-likeness (QED) is 0.777. The Hall–Kier alpha value is -1.42. The van der Waals surface area contributed by atoms with Gasteiger partial charge >= 0.3 is 5.97 Å². The van der Waals surface area contributed by atoms with Crippen LogP contribution in [0.15, 0.2) is 24.3 Å². The number of methoxy groups -OCH3 is 1. The topological polar surface area (TPSA) is 46.5 Å².